The molecule has 0 spiro atoms. The van der Waals surface area contributed by atoms with E-state index in [-0.39, 0.29) is 11.4 Å². The summed E-state index contributed by atoms with van der Waals surface area (Å²) >= 11 is 0. The van der Waals surface area contributed by atoms with Gasteiger partial charge >= 0.3 is 0 Å². The van der Waals surface area contributed by atoms with Gasteiger partial charge in [-0.25, -0.2) is 4.39 Å². The summed E-state index contributed by atoms with van der Waals surface area (Å²) in [4.78, 5) is 0. The first-order valence-electron chi connectivity index (χ1n) is 8.87. The lowest BCUT2D eigenvalue weighted by atomic mass is 9.68. The second-order valence-electron chi connectivity index (χ2n) is 7.48. The summed E-state index contributed by atoms with van der Waals surface area (Å²) in [5.74, 6) is 2.89. The van der Waals surface area contributed by atoms with Gasteiger partial charge in [-0.05, 0) is 79.9 Å². The van der Waals surface area contributed by atoms with E-state index in [0.29, 0.717) is 5.92 Å². The van der Waals surface area contributed by atoms with E-state index in [9.17, 15) is 4.39 Å². The van der Waals surface area contributed by atoms with E-state index in [1.165, 1.54) is 51.4 Å². The van der Waals surface area contributed by atoms with Crippen molar-refractivity contribution < 1.29 is 4.39 Å². The van der Waals surface area contributed by atoms with Crippen molar-refractivity contribution in [2.45, 2.75) is 64.2 Å². The maximum atomic E-state index is 13.8. The average molecular weight is 299 g/mol. The molecule has 0 heterocycles. The van der Waals surface area contributed by atoms with E-state index in [4.69, 9.17) is 5.26 Å². The lowest BCUT2D eigenvalue weighted by Crippen LogP contribution is -2.24. The third-order valence-corrected chi connectivity index (χ3v) is 6.08. The van der Waals surface area contributed by atoms with E-state index in [1.54, 1.807) is 12.1 Å². The molecular weight excluding hydrogens is 273 g/mol. The fourth-order valence-corrected chi connectivity index (χ4v) is 4.56. The Hall–Kier alpha value is -1.36. The molecule has 2 aliphatic rings. The topological polar surface area (TPSA) is 23.8 Å². The van der Waals surface area contributed by atoms with Crippen LogP contribution >= 0.6 is 0 Å². The maximum Gasteiger partial charge on any atom is 0.141 e. The number of benzene rings is 1. The minimum atomic E-state index is -0.358. The zero-order valence-corrected chi connectivity index (χ0v) is 13.5. The Labute approximate surface area is 133 Å². The third-order valence-electron chi connectivity index (χ3n) is 6.08. The van der Waals surface area contributed by atoms with Crippen LogP contribution in [0.1, 0.15) is 75.3 Å². The Morgan fingerprint density at radius 3 is 2.09 bits per heavy atom. The lowest BCUT2D eigenvalue weighted by Gasteiger charge is -2.37. The predicted octanol–water partition coefficient (Wildman–Crippen LogP) is 5.80. The van der Waals surface area contributed by atoms with E-state index < -0.39 is 0 Å². The largest absolute Gasteiger partial charge is 0.206 e. The molecule has 0 N–H and O–H groups in total. The van der Waals surface area contributed by atoms with Gasteiger partial charge in [-0.2, -0.15) is 5.26 Å². The molecule has 0 atom stereocenters. The molecule has 1 aromatic carbocycles. The SMILES string of the molecule is CC1CCC(C2CCC(c3ccc(C#N)c(F)c3)CC2)CC1. The van der Waals surface area contributed by atoms with Crippen molar-refractivity contribution in [2.24, 2.45) is 17.8 Å². The molecule has 0 unspecified atom stereocenters. The highest BCUT2D eigenvalue weighted by Crippen LogP contribution is 2.43. The number of hydrogen-bond acceptors (Lipinski definition) is 1. The second-order valence-corrected chi connectivity index (χ2v) is 7.48. The molecule has 2 saturated carbocycles. The van der Waals surface area contributed by atoms with Gasteiger partial charge in [0.2, 0.25) is 0 Å². The van der Waals surface area contributed by atoms with Crippen LogP contribution in [0.15, 0.2) is 18.2 Å². The van der Waals surface area contributed by atoms with Gasteiger partial charge in [0.25, 0.3) is 0 Å². The molecule has 3 rings (SSSR count). The van der Waals surface area contributed by atoms with Crippen LogP contribution in [0.25, 0.3) is 0 Å². The summed E-state index contributed by atoms with van der Waals surface area (Å²) in [5, 5.41) is 8.83. The predicted molar refractivity (Wildman–Crippen MR) is 86.9 cm³/mol. The third kappa shape index (κ3) is 3.35. The van der Waals surface area contributed by atoms with Crippen molar-refractivity contribution >= 4 is 0 Å². The van der Waals surface area contributed by atoms with Crippen LogP contribution in [0.3, 0.4) is 0 Å². The van der Waals surface area contributed by atoms with Crippen LogP contribution in [0.4, 0.5) is 4.39 Å². The van der Waals surface area contributed by atoms with Gasteiger partial charge in [-0.15, -0.1) is 0 Å². The molecule has 0 saturated heterocycles. The Morgan fingerprint density at radius 1 is 0.955 bits per heavy atom. The molecule has 1 nitrogen and oxygen atoms in total. The number of hydrogen-bond donors (Lipinski definition) is 0. The van der Waals surface area contributed by atoms with Crippen molar-refractivity contribution in [3.63, 3.8) is 0 Å². The zero-order valence-electron chi connectivity index (χ0n) is 13.5. The molecule has 2 heteroatoms. The fourth-order valence-electron chi connectivity index (χ4n) is 4.56. The van der Waals surface area contributed by atoms with Gasteiger partial charge in [0.05, 0.1) is 5.56 Å². The first-order chi connectivity index (χ1) is 10.7. The first kappa shape index (κ1) is 15.5. The van der Waals surface area contributed by atoms with Crippen molar-refractivity contribution in [3.8, 4) is 6.07 Å². The Bertz CT molecular complexity index is 543. The van der Waals surface area contributed by atoms with E-state index in [1.807, 2.05) is 12.1 Å². The standard InChI is InChI=1S/C20H26FN/c1-14-2-4-15(5-3-14)16-6-8-17(9-7-16)18-10-11-19(13-22)20(21)12-18/h10-12,14-17H,2-9H2,1H3. The fraction of sp³-hybridized carbons (Fsp3) is 0.650. The van der Waals surface area contributed by atoms with Crippen LogP contribution in [0.2, 0.25) is 0 Å². The van der Waals surface area contributed by atoms with E-state index in [2.05, 4.69) is 6.92 Å². The molecule has 0 bridgehead atoms. The zero-order chi connectivity index (χ0) is 15.5. The normalized spacial score (nSPS) is 32.4. The molecule has 2 aliphatic carbocycles. The van der Waals surface area contributed by atoms with Crippen molar-refractivity contribution in [1.29, 1.82) is 5.26 Å². The molecule has 118 valence electrons. The Kier molecular flexibility index (Phi) is 4.81. The molecule has 22 heavy (non-hydrogen) atoms. The number of halogens is 1. The summed E-state index contributed by atoms with van der Waals surface area (Å²) in [6.07, 6.45) is 10.6. The smallest absolute Gasteiger partial charge is 0.141 e. The highest BCUT2D eigenvalue weighted by atomic mass is 19.1. The summed E-state index contributed by atoms with van der Waals surface area (Å²) in [6, 6.07) is 7.08. The van der Waals surface area contributed by atoms with Crippen LogP contribution in [-0.4, -0.2) is 0 Å². The van der Waals surface area contributed by atoms with E-state index >= 15 is 0 Å². The lowest BCUT2D eigenvalue weighted by molar-refractivity contribution is 0.165. The van der Waals surface area contributed by atoms with Crippen molar-refractivity contribution in [3.05, 3.63) is 35.1 Å². The highest BCUT2D eigenvalue weighted by Gasteiger charge is 2.30. The Morgan fingerprint density at radius 2 is 1.55 bits per heavy atom. The van der Waals surface area contributed by atoms with Crippen molar-refractivity contribution in [1.82, 2.24) is 0 Å². The van der Waals surface area contributed by atoms with Gasteiger partial charge < -0.3 is 0 Å². The van der Waals surface area contributed by atoms with Crippen molar-refractivity contribution in [2.75, 3.05) is 0 Å². The molecule has 2 fully saturated rings. The minimum absolute atomic E-state index is 0.161. The number of nitrogens with zero attached hydrogens (tertiary/aromatic N) is 1. The van der Waals surface area contributed by atoms with Crippen LogP contribution < -0.4 is 0 Å². The average Bonchev–Trinajstić information content (AvgIpc) is 2.56. The molecule has 1 aromatic rings. The summed E-state index contributed by atoms with van der Waals surface area (Å²) in [5.41, 5.74) is 1.25. The monoisotopic (exact) mass is 299 g/mol. The van der Waals surface area contributed by atoms with Gasteiger partial charge in [-0.1, -0.05) is 25.8 Å². The molecule has 0 aromatic heterocycles. The molecule has 0 radical (unpaired) electrons. The van der Waals surface area contributed by atoms with Gasteiger partial charge in [0.1, 0.15) is 11.9 Å². The van der Waals surface area contributed by atoms with Gasteiger partial charge in [0, 0.05) is 0 Å². The summed E-state index contributed by atoms with van der Waals surface area (Å²) in [6.45, 7) is 2.38. The molecular formula is C20H26FN. The molecule has 0 aliphatic heterocycles. The minimum Gasteiger partial charge on any atom is -0.206 e. The number of nitriles is 1. The van der Waals surface area contributed by atoms with Gasteiger partial charge in [0.15, 0.2) is 0 Å². The van der Waals surface area contributed by atoms with Crippen LogP contribution in [-0.2, 0) is 0 Å². The molecule has 0 amide bonds. The maximum absolute atomic E-state index is 13.8. The van der Waals surface area contributed by atoms with Gasteiger partial charge in [-0.3, -0.25) is 0 Å². The summed E-state index contributed by atoms with van der Waals surface area (Å²) < 4.78 is 13.8. The van der Waals surface area contributed by atoms with Crippen LogP contribution in [0, 0.1) is 34.9 Å². The quantitative estimate of drug-likeness (QED) is 0.677. The Balaban J connectivity index is 1.57. The second kappa shape index (κ2) is 6.82. The first-order valence-corrected chi connectivity index (χ1v) is 8.87. The highest BCUT2D eigenvalue weighted by molar-refractivity contribution is 5.34. The van der Waals surface area contributed by atoms with E-state index in [0.717, 1.165) is 23.3 Å². The number of rotatable bonds is 2. The van der Waals surface area contributed by atoms with Crippen LogP contribution in [0.5, 0.6) is 0 Å². The summed E-state index contributed by atoms with van der Waals surface area (Å²) in [7, 11) is 0.